The lowest BCUT2D eigenvalue weighted by molar-refractivity contribution is 0.579. The lowest BCUT2D eigenvalue weighted by atomic mass is 10.1. The van der Waals surface area contributed by atoms with E-state index in [9.17, 15) is 8.78 Å². The molecule has 0 aliphatic heterocycles. The highest BCUT2D eigenvalue weighted by molar-refractivity contribution is 6.30. The van der Waals surface area contributed by atoms with Crippen LogP contribution in [0.5, 0.6) is 0 Å². The Balaban J connectivity index is 2.29. The molecule has 0 radical (unpaired) electrons. The van der Waals surface area contributed by atoms with E-state index in [1.165, 1.54) is 12.1 Å². The molecule has 2 aromatic carbocycles. The Morgan fingerprint density at radius 1 is 1.16 bits per heavy atom. The van der Waals surface area contributed by atoms with E-state index in [2.05, 4.69) is 5.32 Å². The Hall–Kier alpha value is -1.61. The van der Waals surface area contributed by atoms with Crippen LogP contribution in [0.15, 0.2) is 36.4 Å². The average Bonchev–Trinajstić information content (AvgIpc) is 2.39. The van der Waals surface area contributed by atoms with Gasteiger partial charge in [-0.05, 0) is 43.2 Å². The van der Waals surface area contributed by atoms with Gasteiger partial charge in [0.25, 0.3) is 0 Å². The van der Waals surface area contributed by atoms with E-state index in [4.69, 9.17) is 11.6 Å². The van der Waals surface area contributed by atoms with Gasteiger partial charge in [0, 0.05) is 11.1 Å². The third kappa shape index (κ3) is 3.04. The normalized spacial score (nSPS) is 12.3. The third-order valence-electron chi connectivity index (χ3n) is 2.99. The SMILES string of the molecule is Cc1ccc(F)c(NC(C)c2cccc(Cl)c2)c1F. The summed E-state index contributed by atoms with van der Waals surface area (Å²) in [6, 6.07) is 9.61. The molecule has 0 aromatic heterocycles. The van der Waals surface area contributed by atoms with E-state index in [0.717, 1.165) is 5.56 Å². The minimum Gasteiger partial charge on any atom is -0.374 e. The molecular formula is C15H14ClF2N. The fraction of sp³-hybridized carbons (Fsp3) is 0.200. The molecule has 0 spiro atoms. The first-order valence-electron chi connectivity index (χ1n) is 5.95. The summed E-state index contributed by atoms with van der Waals surface area (Å²) < 4.78 is 27.5. The molecule has 0 aliphatic rings. The van der Waals surface area contributed by atoms with Crippen molar-refractivity contribution in [1.29, 1.82) is 0 Å². The van der Waals surface area contributed by atoms with Gasteiger partial charge in [0.05, 0.1) is 0 Å². The summed E-state index contributed by atoms with van der Waals surface area (Å²) in [6.07, 6.45) is 0. The molecule has 100 valence electrons. The number of rotatable bonds is 3. The van der Waals surface area contributed by atoms with Crippen LogP contribution in [0.2, 0.25) is 5.02 Å². The lowest BCUT2D eigenvalue weighted by Gasteiger charge is -2.17. The number of aryl methyl sites for hydroxylation is 1. The van der Waals surface area contributed by atoms with Crippen LogP contribution in [0.4, 0.5) is 14.5 Å². The van der Waals surface area contributed by atoms with Gasteiger partial charge in [-0.2, -0.15) is 0 Å². The van der Waals surface area contributed by atoms with Gasteiger partial charge in [-0.15, -0.1) is 0 Å². The maximum absolute atomic E-state index is 13.9. The summed E-state index contributed by atoms with van der Waals surface area (Å²) in [5.74, 6) is -1.16. The molecule has 0 saturated carbocycles. The van der Waals surface area contributed by atoms with Gasteiger partial charge < -0.3 is 5.32 Å². The standard InChI is InChI=1S/C15H14ClF2N/c1-9-6-7-13(17)15(14(9)18)19-10(2)11-4-3-5-12(16)8-11/h3-8,10,19H,1-2H3. The Morgan fingerprint density at radius 2 is 1.89 bits per heavy atom. The van der Waals surface area contributed by atoms with Gasteiger partial charge in [0.15, 0.2) is 5.82 Å². The molecule has 1 atom stereocenters. The predicted octanol–water partition coefficient (Wildman–Crippen LogP) is 5.10. The monoisotopic (exact) mass is 281 g/mol. The minimum atomic E-state index is -0.600. The van der Waals surface area contributed by atoms with Crippen molar-refractivity contribution >= 4 is 17.3 Å². The maximum Gasteiger partial charge on any atom is 0.152 e. The van der Waals surface area contributed by atoms with Gasteiger partial charge >= 0.3 is 0 Å². The summed E-state index contributed by atoms with van der Waals surface area (Å²) in [7, 11) is 0. The zero-order valence-corrected chi connectivity index (χ0v) is 11.4. The van der Waals surface area contributed by atoms with Crippen molar-refractivity contribution in [2.45, 2.75) is 19.9 Å². The van der Waals surface area contributed by atoms with E-state index in [0.29, 0.717) is 10.6 Å². The van der Waals surface area contributed by atoms with E-state index in [1.807, 2.05) is 13.0 Å². The van der Waals surface area contributed by atoms with Crippen LogP contribution < -0.4 is 5.32 Å². The number of nitrogens with one attached hydrogen (secondary N) is 1. The van der Waals surface area contributed by atoms with Crippen molar-refractivity contribution in [1.82, 2.24) is 0 Å². The maximum atomic E-state index is 13.9. The van der Waals surface area contributed by atoms with E-state index in [-0.39, 0.29) is 11.7 Å². The molecule has 2 rings (SSSR count). The highest BCUT2D eigenvalue weighted by Gasteiger charge is 2.14. The highest BCUT2D eigenvalue weighted by Crippen LogP contribution is 2.27. The lowest BCUT2D eigenvalue weighted by Crippen LogP contribution is -2.10. The summed E-state index contributed by atoms with van der Waals surface area (Å²) >= 11 is 5.90. The highest BCUT2D eigenvalue weighted by atomic mass is 35.5. The first-order chi connectivity index (χ1) is 8.99. The van der Waals surface area contributed by atoms with Gasteiger partial charge in [-0.1, -0.05) is 29.8 Å². The van der Waals surface area contributed by atoms with Crippen molar-refractivity contribution < 1.29 is 8.78 Å². The van der Waals surface area contributed by atoms with Crippen LogP contribution in [0.1, 0.15) is 24.1 Å². The Morgan fingerprint density at radius 3 is 2.58 bits per heavy atom. The van der Waals surface area contributed by atoms with Crippen LogP contribution in [0.3, 0.4) is 0 Å². The van der Waals surface area contributed by atoms with Crippen molar-refractivity contribution in [3.8, 4) is 0 Å². The predicted molar refractivity (Wildman–Crippen MR) is 74.6 cm³/mol. The van der Waals surface area contributed by atoms with E-state index in [1.54, 1.807) is 25.1 Å². The van der Waals surface area contributed by atoms with Crippen LogP contribution in [-0.4, -0.2) is 0 Å². The largest absolute Gasteiger partial charge is 0.374 e. The van der Waals surface area contributed by atoms with E-state index < -0.39 is 11.6 Å². The second-order valence-corrected chi connectivity index (χ2v) is 4.91. The second-order valence-electron chi connectivity index (χ2n) is 4.47. The van der Waals surface area contributed by atoms with E-state index >= 15 is 0 Å². The van der Waals surface area contributed by atoms with Gasteiger partial charge in [0.1, 0.15) is 11.5 Å². The Labute approximate surface area is 116 Å². The number of hydrogen-bond acceptors (Lipinski definition) is 1. The molecule has 0 heterocycles. The zero-order chi connectivity index (χ0) is 14.0. The summed E-state index contributed by atoms with van der Waals surface area (Å²) in [4.78, 5) is 0. The first-order valence-corrected chi connectivity index (χ1v) is 6.33. The molecule has 19 heavy (non-hydrogen) atoms. The zero-order valence-electron chi connectivity index (χ0n) is 10.7. The molecule has 0 fully saturated rings. The second kappa shape index (κ2) is 5.57. The average molecular weight is 282 g/mol. The molecule has 4 heteroatoms. The van der Waals surface area contributed by atoms with Crippen molar-refractivity contribution in [2.75, 3.05) is 5.32 Å². The topological polar surface area (TPSA) is 12.0 Å². The van der Waals surface area contributed by atoms with Crippen molar-refractivity contribution in [2.24, 2.45) is 0 Å². The minimum absolute atomic E-state index is 0.104. The first kappa shape index (κ1) is 13.8. The number of benzene rings is 2. The number of anilines is 1. The number of halogens is 3. The molecule has 0 aliphatic carbocycles. The molecular weight excluding hydrogens is 268 g/mol. The van der Waals surface area contributed by atoms with Crippen molar-refractivity contribution in [3.05, 3.63) is 64.2 Å². The van der Waals surface area contributed by atoms with Gasteiger partial charge in [-0.25, -0.2) is 8.78 Å². The molecule has 0 bridgehead atoms. The fourth-order valence-corrected chi connectivity index (χ4v) is 2.06. The van der Waals surface area contributed by atoms with Gasteiger partial charge in [0.2, 0.25) is 0 Å². The fourth-order valence-electron chi connectivity index (χ4n) is 1.86. The molecule has 1 nitrogen and oxygen atoms in total. The van der Waals surface area contributed by atoms with Crippen LogP contribution in [-0.2, 0) is 0 Å². The van der Waals surface area contributed by atoms with Crippen LogP contribution in [0.25, 0.3) is 0 Å². The molecule has 0 saturated heterocycles. The van der Waals surface area contributed by atoms with Crippen molar-refractivity contribution in [3.63, 3.8) is 0 Å². The smallest absolute Gasteiger partial charge is 0.152 e. The van der Waals surface area contributed by atoms with Gasteiger partial charge in [-0.3, -0.25) is 0 Å². The number of hydrogen-bond donors (Lipinski definition) is 1. The summed E-state index contributed by atoms with van der Waals surface area (Å²) in [5, 5.41) is 3.45. The Kier molecular flexibility index (Phi) is 4.05. The summed E-state index contributed by atoms with van der Waals surface area (Å²) in [5.41, 5.74) is 1.17. The van der Waals surface area contributed by atoms with Crippen LogP contribution in [0, 0.1) is 18.6 Å². The molecule has 1 unspecified atom stereocenters. The van der Waals surface area contributed by atoms with Crippen LogP contribution >= 0.6 is 11.6 Å². The molecule has 2 aromatic rings. The quantitative estimate of drug-likeness (QED) is 0.825. The molecule has 1 N–H and O–H groups in total. The Bertz CT molecular complexity index is 599. The molecule has 0 amide bonds. The third-order valence-corrected chi connectivity index (χ3v) is 3.23. The summed E-state index contributed by atoms with van der Waals surface area (Å²) in [6.45, 7) is 3.43.